The number of rotatable bonds is 1. The Kier molecular flexibility index (Phi) is 12.8. The average molecular weight is 254 g/mol. The van der Waals surface area contributed by atoms with Crippen LogP contribution in [0.2, 0.25) is 0 Å². The summed E-state index contributed by atoms with van der Waals surface area (Å²) >= 11 is 3.05. The molecule has 1 nitrogen and oxygen atoms in total. The molecule has 0 unspecified atom stereocenters. The summed E-state index contributed by atoms with van der Waals surface area (Å²) < 4.78 is -0.451. The first-order valence-corrected chi connectivity index (χ1v) is 2.44. The van der Waals surface area contributed by atoms with Crippen molar-refractivity contribution in [2.45, 2.75) is 18.2 Å². The second kappa shape index (κ2) is 6.38. The summed E-state index contributed by atoms with van der Waals surface area (Å²) in [5.41, 5.74) is 0. The van der Waals surface area contributed by atoms with E-state index in [1.165, 1.54) is 0 Å². The van der Waals surface area contributed by atoms with Crippen LogP contribution < -0.4 is 0 Å². The third-order valence-corrected chi connectivity index (χ3v) is 0.405. The quantitative estimate of drug-likeness (QED) is 0.514. The SMILES string of the molecule is CC(C)(Br)[C-]=O.[CH3-].[Y]. The van der Waals surface area contributed by atoms with Crippen molar-refractivity contribution in [2.75, 3.05) is 0 Å². The molecule has 0 aromatic rings. The first kappa shape index (κ1) is 16.1. The van der Waals surface area contributed by atoms with Crippen LogP contribution in [0.1, 0.15) is 13.8 Å². The molecule has 0 amide bonds. The fraction of sp³-hybridized carbons (Fsp3) is 0.600. The Bertz CT molecular complexity index is 57.9. The standard InChI is InChI=1S/C4H6BrO.CH3.Y/c1-4(2,5)3-6;;/h1-2H3;1H3;/q2*-1;. The second-order valence-corrected chi connectivity index (χ2v) is 3.56. The molecular formula is C5H9BrOY-2. The van der Waals surface area contributed by atoms with Crippen molar-refractivity contribution < 1.29 is 37.5 Å². The van der Waals surface area contributed by atoms with Gasteiger partial charge in [-0.2, -0.15) is 0 Å². The summed E-state index contributed by atoms with van der Waals surface area (Å²) in [6.07, 6.45) is 1.77. The molecule has 3 heteroatoms. The van der Waals surface area contributed by atoms with E-state index >= 15 is 0 Å². The van der Waals surface area contributed by atoms with Crippen LogP contribution in [0.5, 0.6) is 0 Å². The molecule has 0 N–H and O–H groups in total. The zero-order valence-corrected chi connectivity index (χ0v) is 9.79. The molecular weight excluding hydrogens is 245 g/mol. The Morgan fingerprint density at radius 2 is 1.62 bits per heavy atom. The molecule has 1 radical (unpaired) electrons. The Morgan fingerprint density at radius 1 is 1.50 bits per heavy atom. The summed E-state index contributed by atoms with van der Waals surface area (Å²) in [4.78, 5) is 9.65. The van der Waals surface area contributed by atoms with Gasteiger partial charge in [0.15, 0.2) is 0 Å². The maximum atomic E-state index is 9.65. The van der Waals surface area contributed by atoms with E-state index in [0.29, 0.717) is 0 Å². The number of alkyl halides is 1. The molecule has 47 valence electrons. The van der Waals surface area contributed by atoms with Gasteiger partial charge in [-0.15, -0.1) is 15.9 Å². The third-order valence-electron chi connectivity index (χ3n) is 0.243. The van der Waals surface area contributed by atoms with Crippen molar-refractivity contribution in [1.82, 2.24) is 0 Å². The molecule has 0 saturated carbocycles. The van der Waals surface area contributed by atoms with E-state index in [1.807, 2.05) is 0 Å². The normalized spacial score (nSPS) is 8.38. The van der Waals surface area contributed by atoms with E-state index in [-0.39, 0.29) is 40.1 Å². The Balaban J connectivity index is -0.000000125. The van der Waals surface area contributed by atoms with Crippen LogP contribution in [0, 0.1) is 7.43 Å². The number of hydrogen-bond donors (Lipinski definition) is 0. The molecule has 0 rings (SSSR count). The Morgan fingerprint density at radius 3 is 1.62 bits per heavy atom. The fourth-order valence-corrected chi connectivity index (χ4v) is 0. The number of carbonyl (C=O) groups excluding carboxylic acids is 1. The van der Waals surface area contributed by atoms with Crippen molar-refractivity contribution in [3.8, 4) is 0 Å². The van der Waals surface area contributed by atoms with Crippen molar-refractivity contribution in [1.29, 1.82) is 0 Å². The maximum absolute atomic E-state index is 9.65. The summed E-state index contributed by atoms with van der Waals surface area (Å²) in [6.45, 7) is 3.47. The monoisotopic (exact) mass is 253 g/mol. The van der Waals surface area contributed by atoms with Crippen molar-refractivity contribution in [3.63, 3.8) is 0 Å². The van der Waals surface area contributed by atoms with Gasteiger partial charge in [0, 0.05) is 32.7 Å². The van der Waals surface area contributed by atoms with Crippen molar-refractivity contribution in [3.05, 3.63) is 7.43 Å². The van der Waals surface area contributed by atoms with Crippen LogP contribution >= 0.6 is 15.9 Å². The first-order valence-electron chi connectivity index (χ1n) is 1.64. The van der Waals surface area contributed by atoms with Gasteiger partial charge in [0.25, 0.3) is 0 Å². The Hall–Kier alpha value is 1.25. The molecule has 0 aliphatic heterocycles. The zero-order chi connectivity index (χ0) is 5.21. The largest absolute Gasteiger partial charge is 0.540 e. The molecule has 0 aliphatic carbocycles. The van der Waals surface area contributed by atoms with Gasteiger partial charge >= 0.3 is 0 Å². The third kappa shape index (κ3) is 15.7. The van der Waals surface area contributed by atoms with Crippen LogP contribution in [-0.4, -0.2) is 10.6 Å². The molecule has 8 heavy (non-hydrogen) atoms. The maximum Gasteiger partial charge on any atom is 0 e. The average Bonchev–Trinajstić information content (AvgIpc) is 1.35. The van der Waals surface area contributed by atoms with Crippen molar-refractivity contribution >= 4 is 22.2 Å². The van der Waals surface area contributed by atoms with Gasteiger partial charge in [0.1, 0.15) is 0 Å². The first-order chi connectivity index (χ1) is 2.56. The van der Waals surface area contributed by atoms with Gasteiger partial charge in [-0.3, -0.25) is 0 Å². The van der Waals surface area contributed by atoms with Crippen LogP contribution in [0.3, 0.4) is 0 Å². The molecule has 0 aliphatic rings. The minimum atomic E-state index is -0.451. The summed E-state index contributed by atoms with van der Waals surface area (Å²) in [5, 5.41) is 0. The van der Waals surface area contributed by atoms with Crippen LogP contribution in [0.25, 0.3) is 0 Å². The molecule has 0 saturated heterocycles. The van der Waals surface area contributed by atoms with E-state index in [2.05, 4.69) is 15.9 Å². The molecule has 0 bridgehead atoms. The molecule has 0 fully saturated rings. The predicted molar refractivity (Wildman–Crippen MR) is 35.1 cm³/mol. The topological polar surface area (TPSA) is 17.1 Å². The summed E-state index contributed by atoms with van der Waals surface area (Å²) in [5.74, 6) is 0. The van der Waals surface area contributed by atoms with Crippen LogP contribution in [0.4, 0.5) is 0 Å². The second-order valence-electron chi connectivity index (χ2n) is 1.57. The minimum Gasteiger partial charge on any atom is -0.540 e. The van der Waals surface area contributed by atoms with Gasteiger partial charge in [0.2, 0.25) is 0 Å². The number of halogens is 1. The van der Waals surface area contributed by atoms with Gasteiger partial charge in [-0.05, 0) is 0 Å². The van der Waals surface area contributed by atoms with Gasteiger partial charge in [-0.1, -0.05) is 18.2 Å². The Labute approximate surface area is 84.6 Å². The molecule has 0 aromatic heterocycles. The molecule has 0 heterocycles. The molecule has 0 atom stereocenters. The molecule has 0 spiro atoms. The zero-order valence-electron chi connectivity index (χ0n) is 5.36. The smallest absolute Gasteiger partial charge is 0 e. The predicted octanol–water partition coefficient (Wildman–Crippen LogP) is 1.72. The minimum absolute atomic E-state index is 0. The van der Waals surface area contributed by atoms with Crippen LogP contribution in [0.15, 0.2) is 0 Å². The fourth-order valence-electron chi connectivity index (χ4n) is 0. The van der Waals surface area contributed by atoms with Gasteiger partial charge in [-0.25, -0.2) is 6.29 Å². The van der Waals surface area contributed by atoms with E-state index in [4.69, 9.17) is 0 Å². The number of hydrogen-bond acceptors (Lipinski definition) is 1. The van der Waals surface area contributed by atoms with Crippen LogP contribution in [-0.2, 0) is 37.5 Å². The van der Waals surface area contributed by atoms with E-state index in [9.17, 15) is 4.79 Å². The van der Waals surface area contributed by atoms with Gasteiger partial charge < -0.3 is 12.2 Å². The molecule has 0 aromatic carbocycles. The summed E-state index contributed by atoms with van der Waals surface area (Å²) in [7, 11) is 0. The van der Waals surface area contributed by atoms with Crippen molar-refractivity contribution in [2.24, 2.45) is 0 Å². The van der Waals surface area contributed by atoms with Gasteiger partial charge in [0.05, 0.1) is 0 Å². The van der Waals surface area contributed by atoms with E-state index < -0.39 is 4.32 Å². The van der Waals surface area contributed by atoms with E-state index in [1.54, 1.807) is 20.1 Å². The van der Waals surface area contributed by atoms with E-state index in [0.717, 1.165) is 0 Å². The summed E-state index contributed by atoms with van der Waals surface area (Å²) in [6, 6.07) is 0.